The molecular formula is C20H27N3O2. The molecule has 2 aromatic rings. The maximum atomic E-state index is 12.2. The fraction of sp³-hybridized carbons (Fsp3) is 0.500. The van der Waals surface area contributed by atoms with Crippen LogP contribution in [0.2, 0.25) is 0 Å². The van der Waals surface area contributed by atoms with Gasteiger partial charge in [0.2, 0.25) is 11.8 Å². The van der Waals surface area contributed by atoms with Gasteiger partial charge < -0.3 is 14.6 Å². The third-order valence-corrected chi connectivity index (χ3v) is 4.78. The van der Waals surface area contributed by atoms with Gasteiger partial charge in [0.15, 0.2) is 0 Å². The molecule has 0 saturated carbocycles. The SMILES string of the molecule is CC(C)N1CCCC(CNC(=O)Cc2coc(-c3ccccc3)n2)C1. The number of carbonyl (C=O) groups is 1. The van der Waals surface area contributed by atoms with E-state index in [1.165, 1.54) is 19.4 Å². The first-order chi connectivity index (χ1) is 12.1. The van der Waals surface area contributed by atoms with Crippen molar-refractivity contribution in [3.05, 3.63) is 42.3 Å². The summed E-state index contributed by atoms with van der Waals surface area (Å²) in [5.41, 5.74) is 1.59. The Kier molecular flexibility index (Phi) is 5.87. The van der Waals surface area contributed by atoms with Crippen molar-refractivity contribution in [3.63, 3.8) is 0 Å². The molecule has 1 atom stereocenters. The highest BCUT2D eigenvalue weighted by Gasteiger charge is 2.22. The summed E-state index contributed by atoms with van der Waals surface area (Å²) in [6.45, 7) is 7.44. The number of piperidine rings is 1. The van der Waals surface area contributed by atoms with Gasteiger partial charge in [-0.25, -0.2) is 4.98 Å². The van der Waals surface area contributed by atoms with Gasteiger partial charge in [-0.2, -0.15) is 0 Å². The van der Waals surface area contributed by atoms with E-state index < -0.39 is 0 Å². The molecule has 1 aliphatic rings. The Morgan fingerprint density at radius 3 is 2.92 bits per heavy atom. The number of aromatic nitrogens is 1. The summed E-state index contributed by atoms with van der Waals surface area (Å²) in [6, 6.07) is 10.3. The molecule has 1 fully saturated rings. The molecule has 1 aliphatic heterocycles. The van der Waals surface area contributed by atoms with Gasteiger partial charge in [-0.3, -0.25) is 4.79 Å². The molecule has 0 aliphatic carbocycles. The van der Waals surface area contributed by atoms with Crippen LogP contribution in [0, 0.1) is 5.92 Å². The second kappa shape index (κ2) is 8.30. The highest BCUT2D eigenvalue weighted by molar-refractivity contribution is 5.78. The number of hydrogen-bond donors (Lipinski definition) is 1. The smallest absolute Gasteiger partial charge is 0.226 e. The molecule has 2 heterocycles. The van der Waals surface area contributed by atoms with Crippen LogP contribution in [0.15, 0.2) is 41.0 Å². The van der Waals surface area contributed by atoms with Crippen LogP contribution in [0.25, 0.3) is 11.5 Å². The number of nitrogens with zero attached hydrogens (tertiary/aromatic N) is 2. The van der Waals surface area contributed by atoms with Crippen LogP contribution in [-0.4, -0.2) is 41.5 Å². The molecule has 134 valence electrons. The van der Waals surface area contributed by atoms with Gasteiger partial charge in [0.1, 0.15) is 6.26 Å². The van der Waals surface area contributed by atoms with E-state index in [0.717, 1.165) is 18.7 Å². The van der Waals surface area contributed by atoms with Crippen molar-refractivity contribution < 1.29 is 9.21 Å². The monoisotopic (exact) mass is 341 g/mol. The Bertz CT molecular complexity index is 681. The average Bonchev–Trinajstić information content (AvgIpc) is 3.09. The van der Waals surface area contributed by atoms with E-state index in [-0.39, 0.29) is 12.3 Å². The van der Waals surface area contributed by atoms with Crippen LogP contribution in [0.5, 0.6) is 0 Å². The molecular weight excluding hydrogens is 314 g/mol. The van der Waals surface area contributed by atoms with E-state index in [1.807, 2.05) is 30.3 Å². The molecule has 0 spiro atoms. The van der Waals surface area contributed by atoms with Crippen LogP contribution in [0.1, 0.15) is 32.4 Å². The van der Waals surface area contributed by atoms with Crippen LogP contribution >= 0.6 is 0 Å². The highest BCUT2D eigenvalue weighted by Crippen LogP contribution is 2.19. The minimum atomic E-state index is 0.00887. The minimum Gasteiger partial charge on any atom is -0.444 e. The maximum Gasteiger partial charge on any atom is 0.226 e. The number of hydrogen-bond acceptors (Lipinski definition) is 4. The minimum absolute atomic E-state index is 0.00887. The number of benzene rings is 1. The summed E-state index contributed by atoms with van der Waals surface area (Å²) in [6.07, 6.45) is 4.23. The van der Waals surface area contributed by atoms with E-state index in [0.29, 0.717) is 23.5 Å². The number of carbonyl (C=O) groups excluding carboxylic acids is 1. The van der Waals surface area contributed by atoms with E-state index in [9.17, 15) is 4.79 Å². The molecule has 1 aromatic heterocycles. The molecule has 3 rings (SSSR count). The Balaban J connectivity index is 1.47. The van der Waals surface area contributed by atoms with E-state index in [1.54, 1.807) is 6.26 Å². The van der Waals surface area contributed by atoms with Crippen molar-refractivity contribution in [1.29, 1.82) is 0 Å². The normalized spacial score (nSPS) is 18.4. The lowest BCUT2D eigenvalue weighted by Crippen LogP contribution is -2.44. The summed E-state index contributed by atoms with van der Waals surface area (Å²) in [7, 11) is 0. The number of likely N-dealkylation sites (tertiary alicyclic amines) is 1. The molecule has 5 nitrogen and oxygen atoms in total. The van der Waals surface area contributed by atoms with Crippen LogP contribution in [0.4, 0.5) is 0 Å². The zero-order valence-corrected chi connectivity index (χ0v) is 15.1. The van der Waals surface area contributed by atoms with Crippen LogP contribution < -0.4 is 5.32 Å². The van der Waals surface area contributed by atoms with Crippen molar-refractivity contribution in [1.82, 2.24) is 15.2 Å². The van der Waals surface area contributed by atoms with Crippen molar-refractivity contribution >= 4 is 5.91 Å². The van der Waals surface area contributed by atoms with E-state index in [4.69, 9.17) is 4.42 Å². The lowest BCUT2D eigenvalue weighted by atomic mass is 9.97. The summed E-state index contributed by atoms with van der Waals surface area (Å²) in [5.74, 6) is 1.11. The second-order valence-corrected chi connectivity index (χ2v) is 7.09. The standard InChI is InChI=1S/C20H27N3O2/c1-15(2)23-10-6-7-16(13-23)12-21-19(24)11-18-14-25-20(22-18)17-8-4-3-5-9-17/h3-5,8-9,14-16H,6-7,10-13H2,1-2H3,(H,21,24). The molecule has 1 amide bonds. The Morgan fingerprint density at radius 1 is 1.36 bits per heavy atom. The largest absolute Gasteiger partial charge is 0.444 e. The zero-order chi connectivity index (χ0) is 17.6. The molecule has 1 saturated heterocycles. The summed E-state index contributed by atoms with van der Waals surface area (Å²) < 4.78 is 5.49. The molecule has 1 unspecified atom stereocenters. The predicted octanol–water partition coefficient (Wildman–Crippen LogP) is 3.12. The molecule has 1 N–H and O–H groups in total. The number of nitrogens with one attached hydrogen (secondary N) is 1. The summed E-state index contributed by atoms with van der Waals surface area (Å²) in [5, 5.41) is 3.06. The van der Waals surface area contributed by atoms with E-state index in [2.05, 4.69) is 29.0 Å². The van der Waals surface area contributed by atoms with Crippen molar-refractivity contribution in [2.24, 2.45) is 5.92 Å². The van der Waals surface area contributed by atoms with Gasteiger partial charge in [-0.1, -0.05) is 18.2 Å². The lowest BCUT2D eigenvalue weighted by Gasteiger charge is -2.35. The number of rotatable bonds is 6. The van der Waals surface area contributed by atoms with Crippen molar-refractivity contribution in [2.75, 3.05) is 19.6 Å². The molecule has 25 heavy (non-hydrogen) atoms. The predicted molar refractivity (Wildman–Crippen MR) is 98.1 cm³/mol. The van der Waals surface area contributed by atoms with Gasteiger partial charge in [-0.05, 0) is 51.3 Å². The zero-order valence-electron chi connectivity index (χ0n) is 15.1. The van der Waals surface area contributed by atoms with Gasteiger partial charge in [0, 0.05) is 24.7 Å². The van der Waals surface area contributed by atoms with Crippen LogP contribution in [0.3, 0.4) is 0 Å². The number of amides is 1. The van der Waals surface area contributed by atoms with Crippen molar-refractivity contribution in [2.45, 2.75) is 39.2 Å². The van der Waals surface area contributed by atoms with Gasteiger partial charge >= 0.3 is 0 Å². The number of oxazole rings is 1. The fourth-order valence-corrected chi connectivity index (χ4v) is 3.32. The Labute approximate surface area is 149 Å². The Hall–Kier alpha value is -2.14. The summed E-state index contributed by atoms with van der Waals surface area (Å²) >= 11 is 0. The second-order valence-electron chi connectivity index (χ2n) is 7.09. The first kappa shape index (κ1) is 17.7. The van der Waals surface area contributed by atoms with Gasteiger partial charge in [0.05, 0.1) is 12.1 Å². The lowest BCUT2D eigenvalue weighted by molar-refractivity contribution is -0.120. The first-order valence-electron chi connectivity index (χ1n) is 9.12. The fourth-order valence-electron chi connectivity index (χ4n) is 3.32. The third kappa shape index (κ3) is 4.92. The van der Waals surface area contributed by atoms with Crippen molar-refractivity contribution in [3.8, 4) is 11.5 Å². The summed E-state index contributed by atoms with van der Waals surface area (Å²) in [4.78, 5) is 19.1. The van der Waals surface area contributed by atoms with Gasteiger partial charge in [-0.15, -0.1) is 0 Å². The topological polar surface area (TPSA) is 58.4 Å². The molecule has 0 radical (unpaired) electrons. The molecule has 0 bridgehead atoms. The van der Waals surface area contributed by atoms with E-state index >= 15 is 0 Å². The third-order valence-electron chi connectivity index (χ3n) is 4.78. The maximum absolute atomic E-state index is 12.2. The molecule has 1 aromatic carbocycles. The Morgan fingerprint density at radius 2 is 2.16 bits per heavy atom. The quantitative estimate of drug-likeness (QED) is 0.877. The highest BCUT2D eigenvalue weighted by atomic mass is 16.3. The average molecular weight is 341 g/mol. The van der Waals surface area contributed by atoms with Gasteiger partial charge in [0.25, 0.3) is 0 Å². The first-order valence-corrected chi connectivity index (χ1v) is 9.12. The van der Waals surface area contributed by atoms with Crippen LogP contribution in [-0.2, 0) is 11.2 Å². The molecule has 5 heteroatoms.